The van der Waals surface area contributed by atoms with Crippen LogP contribution in [0.5, 0.6) is 11.5 Å². The fraction of sp³-hybridized carbons (Fsp3) is 0. The molecule has 4 heterocycles. The predicted molar refractivity (Wildman–Crippen MR) is 104 cm³/mol. The molecule has 6 rings (SSSR count). The van der Waals surface area contributed by atoms with Gasteiger partial charge in [0.25, 0.3) is 0 Å². The molecule has 0 unspecified atom stereocenters. The maximum absolute atomic E-state index is 6.11. The Hall–Kier alpha value is -5.48. The van der Waals surface area contributed by atoms with Gasteiger partial charge in [0.15, 0.2) is 0 Å². The highest BCUT2D eigenvalue weighted by molar-refractivity contribution is 5.57. The highest BCUT2D eigenvalue weighted by atomic mass is 16.5. The number of aromatic nitrogens is 16. The summed E-state index contributed by atoms with van der Waals surface area (Å²) in [5.74, 6) is 1.05. The van der Waals surface area contributed by atoms with Gasteiger partial charge in [0.1, 0.15) is 36.8 Å². The standard InChI is InChI=1S/C16H10N16O/c1-3-13(29-7-17-21-25-29)15(31-9-19-23-27-31)5-11(1)33-12-2-4-14(30-8-18-22-26-30)16(6-12)32-10-20-24-28-32/h1-10H. The third-order valence-electron chi connectivity index (χ3n) is 4.51. The first-order valence-corrected chi connectivity index (χ1v) is 9.24. The lowest BCUT2D eigenvalue weighted by Gasteiger charge is -2.13. The lowest BCUT2D eigenvalue weighted by atomic mass is 10.2. The van der Waals surface area contributed by atoms with Crippen molar-refractivity contribution >= 4 is 0 Å². The fourth-order valence-electron chi connectivity index (χ4n) is 3.11. The molecule has 0 amide bonds. The zero-order valence-electron chi connectivity index (χ0n) is 16.3. The molecule has 0 aliphatic heterocycles. The number of hydrogen-bond acceptors (Lipinski definition) is 13. The van der Waals surface area contributed by atoms with Crippen LogP contribution < -0.4 is 4.74 Å². The van der Waals surface area contributed by atoms with Crippen LogP contribution in [0.15, 0.2) is 61.7 Å². The number of nitrogens with zero attached hydrogens (tertiary/aromatic N) is 16. The van der Waals surface area contributed by atoms with E-state index in [1.165, 1.54) is 44.0 Å². The summed E-state index contributed by atoms with van der Waals surface area (Å²) in [6.45, 7) is 0. The molecule has 33 heavy (non-hydrogen) atoms. The maximum atomic E-state index is 6.11. The summed E-state index contributed by atoms with van der Waals surface area (Å²) in [6.07, 6.45) is 5.87. The smallest absolute Gasteiger partial charge is 0.143 e. The van der Waals surface area contributed by atoms with Crippen LogP contribution >= 0.6 is 0 Å². The van der Waals surface area contributed by atoms with E-state index in [4.69, 9.17) is 4.74 Å². The Bertz CT molecular complexity index is 1360. The van der Waals surface area contributed by atoms with Gasteiger partial charge in [-0.05, 0) is 66.0 Å². The molecule has 2 aromatic carbocycles. The van der Waals surface area contributed by atoms with Crippen LogP contribution in [-0.4, -0.2) is 80.8 Å². The van der Waals surface area contributed by atoms with Crippen molar-refractivity contribution in [3.8, 4) is 34.2 Å². The molecule has 0 aliphatic rings. The molecule has 4 aromatic heterocycles. The van der Waals surface area contributed by atoms with E-state index in [1.807, 2.05) is 0 Å². The van der Waals surface area contributed by atoms with Crippen LogP contribution in [0.3, 0.4) is 0 Å². The number of hydrogen-bond donors (Lipinski definition) is 0. The van der Waals surface area contributed by atoms with E-state index >= 15 is 0 Å². The Kier molecular flexibility index (Phi) is 4.24. The normalized spacial score (nSPS) is 11.0. The van der Waals surface area contributed by atoms with E-state index in [-0.39, 0.29) is 0 Å². The summed E-state index contributed by atoms with van der Waals surface area (Å²) >= 11 is 0. The van der Waals surface area contributed by atoms with Crippen molar-refractivity contribution in [3.05, 3.63) is 61.7 Å². The minimum Gasteiger partial charge on any atom is -0.457 e. The SMILES string of the molecule is c1cc(-n2cnnn2)c(-n2cnnn2)cc1Oc1ccc(-n2cnnn2)c(-n2cnnn2)c1. The summed E-state index contributed by atoms with van der Waals surface area (Å²) < 4.78 is 12.1. The molecule has 0 aliphatic carbocycles. The van der Waals surface area contributed by atoms with Crippen LogP contribution in [-0.2, 0) is 0 Å². The zero-order valence-corrected chi connectivity index (χ0v) is 16.3. The molecule has 17 heteroatoms. The van der Waals surface area contributed by atoms with Gasteiger partial charge in [0.2, 0.25) is 0 Å². The lowest BCUT2D eigenvalue weighted by Crippen LogP contribution is -2.06. The van der Waals surface area contributed by atoms with E-state index < -0.39 is 0 Å². The molecular formula is C16H10N16O. The van der Waals surface area contributed by atoms with E-state index in [0.29, 0.717) is 34.2 Å². The Morgan fingerprint density at radius 2 is 0.818 bits per heavy atom. The van der Waals surface area contributed by atoms with Gasteiger partial charge in [-0.1, -0.05) is 0 Å². The van der Waals surface area contributed by atoms with Crippen molar-refractivity contribution < 1.29 is 4.74 Å². The first-order chi connectivity index (χ1) is 16.3. The Morgan fingerprint density at radius 1 is 0.455 bits per heavy atom. The topological polar surface area (TPSA) is 184 Å². The second-order valence-corrected chi connectivity index (χ2v) is 6.42. The average molecular weight is 442 g/mol. The van der Waals surface area contributed by atoms with Gasteiger partial charge in [0.05, 0.1) is 22.7 Å². The van der Waals surface area contributed by atoms with E-state index in [1.54, 1.807) is 36.4 Å². The predicted octanol–water partition coefficient (Wildman–Crippen LogP) is -0.618. The van der Waals surface area contributed by atoms with Crippen molar-refractivity contribution in [2.45, 2.75) is 0 Å². The minimum atomic E-state index is 0.523. The van der Waals surface area contributed by atoms with Crippen molar-refractivity contribution in [3.63, 3.8) is 0 Å². The van der Waals surface area contributed by atoms with Gasteiger partial charge in [-0.15, -0.1) is 20.4 Å². The van der Waals surface area contributed by atoms with Gasteiger partial charge in [-0.3, -0.25) is 0 Å². The first kappa shape index (κ1) is 18.3. The van der Waals surface area contributed by atoms with E-state index in [9.17, 15) is 0 Å². The molecule has 0 radical (unpaired) electrons. The van der Waals surface area contributed by atoms with Gasteiger partial charge in [-0.25, -0.2) is 0 Å². The Morgan fingerprint density at radius 3 is 1.15 bits per heavy atom. The molecule has 0 atom stereocenters. The molecule has 0 bridgehead atoms. The molecular weight excluding hydrogens is 432 g/mol. The minimum absolute atomic E-state index is 0.523. The number of rotatable bonds is 6. The summed E-state index contributed by atoms with van der Waals surface area (Å²) in [5, 5.41) is 45.3. The van der Waals surface area contributed by atoms with Crippen LogP contribution in [0.25, 0.3) is 22.7 Å². The number of ether oxygens (including phenoxy) is 1. The van der Waals surface area contributed by atoms with Gasteiger partial charge in [0, 0.05) is 12.1 Å². The van der Waals surface area contributed by atoms with Gasteiger partial charge < -0.3 is 4.74 Å². The zero-order chi connectivity index (χ0) is 22.0. The van der Waals surface area contributed by atoms with Crippen molar-refractivity contribution in [2.75, 3.05) is 0 Å². The molecule has 0 spiro atoms. The molecule has 160 valence electrons. The molecule has 6 aromatic rings. The largest absolute Gasteiger partial charge is 0.457 e. The molecule has 0 saturated carbocycles. The Labute approximate surface area is 182 Å². The number of tetrazole rings is 4. The summed E-state index contributed by atoms with van der Waals surface area (Å²) in [6, 6.07) is 10.7. The van der Waals surface area contributed by atoms with E-state index in [2.05, 4.69) is 62.1 Å². The van der Waals surface area contributed by atoms with Crippen molar-refractivity contribution in [2.24, 2.45) is 0 Å². The van der Waals surface area contributed by atoms with Gasteiger partial charge >= 0.3 is 0 Å². The number of benzene rings is 2. The van der Waals surface area contributed by atoms with Crippen LogP contribution in [0.4, 0.5) is 0 Å². The monoisotopic (exact) mass is 442 g/mol. The third-order valence-corrected chi connectivity index (χ3v) is 4.51. The van der Waals surface area contributed by atoms with Crippen molar-refractivity contribution in [1.29, 1.82) is 0 Å². The summed E-state index contributed by atoms with van der Waals surface area (Å²) in [5.41, 5.74) is 2.53. The second kappa shape index (κ2) is 7.65. The first-order valence-electron chi connectivity index (χ1n) is 9.24. The Balaban J connectivity index is 1.40. The van der Waals surface area contributed by atoms with E-state index in [0.717, 1.165) is 0 Å². The summed E-state index contributed by atoms with van der Waals surface area (Å²) in [4.78, 5) is 0. The fourth-order valence-corrected chi connectivity index (χ4v) is 3.11. The summed E-state index contributed by atoms with van der Waals surface area (Å²) in [7, 11) is 0. The van der Waals surface area contributed by atoms with Crippen LogP contribution in [0.1, 0.15) is 0 Å². The highest BCUT2D eigenvalue weighted by Crippen LogP contribution is 2.30. The maximum Gasteiger partial charge on any atom is 0.143 e. The molecule has 17 nitrogen and oxygen atoms in total. The highest BCUT2D eigenvalue weighted by Gasteiger charge is 2.14. The quantitative estimate of drug-likeness (QED) is 0.318. The lowest BCUT2D eigenvalue weighted by molar-refractivity contribution is 0.481. The van der Waals surface area contributed by atoms with Crippen LogP contribution in [0.2, 0.25) is 0 Å². The molecule has 0 fully saturated rings. The van der Waals surface area contributed by atoms with Gasteiger partial charge in [-0.2, -0.15) is 18.7 Å². The third kappa shape index (κ3) is 3.40. The second-order valence-electron chi connectivity index (χ2n) is 6.42. The van der Waals surface area contributed by atoms with Crippen molar-refractivity contribution in [1.82, 2.24) is 80.8 Å². The molecule has 0 saturated heterocycles. The average Bonchev–Trinajstić information content (AvgIpc) is 3.67. The molecule has 0 N–H and O–H groups in total. The van der Waals surface area contributed by atoms with Crippen LogP contribution in [0, 0.1) is 0 Å².